The lowest BCUT2D eigenvalue weighted by molar-refractivity contribution is -0.134. The normalized spacial score (nSPS) is 25.2. The van der Waals surface area contributed by atoms with Crippen molar-refractivity contribution in [2.75, 3.05) is 6.61 Å². The summed E-state index contributed by atoms with van der Waals surface area (Å²) in [6.07, 6.45) is 1.39. The molecule has 0 saturated carbocycles. The molecule has 2 aromatic carbocycles. The fraction of sp³-hybridized carbons (Fsp3) is 0.333. The van der Waals surface area contributed by atoms with Gasteiger partial charge in [0.05, 0.1) is 25.6 Å². The van der Waals surface area contributed by atoms with Gasteiger partial charge in [-0.15, -0.1) is 0 Å². The minimum absolute atomic E-state index is 0.201. The zero-order valence-electron chi connectivity index (χ0n) is 19.7. The van der Waals surface area contributed by atoms with Crippen LogP contribution in [0.5, 0.6) is 0 Å². The van der Waals surface area contributed by atoms with Crippen LogP contribution in [0.2, 0.25) is 0 Å². The molecular formula is C27H28N2O6. The topological polar surface area (TPSA) is 91.8 Å². The zero-order valence-corrected chi connectivity index (χ0v) is 19.7. The van der Waals surface area contributed by atoms with Crippen LogP contribution < -0.4 is 11.2 Å². The second-order valence-electron chi connectivity index (χ2n) is 8.98. The van der Waals surface area contributed by atoms with Gasteiger partial charge >= 0.3 is 5.69 Å². The Balaban J connectivity index is 1.47. The molecule has 35 heavy (non-hydrogen) atoms. The number of aryl methyl sites for hydroxylation is 1. The summed E-state index contributed by atoms with van der Waals surface area (Å²) in [5.41, 5.74) is 0.464. The Morgan fingerprint density at radius 1 is 0.971 bits per heavy atom. The van der Waals surface area contributed by atoms with Crippen molar-refractivity contribution in [2.24, 2.45) is 0 Å². The number of hydrogen-bond donors (Lipinski definition) is 1. The van der Waals surface area contributed by atoms with Crippen molar-refractivity contribution in [3.05, 3.63) is 116 Å². The van der Waals surface area contributed by atoms with E-state index >= 15 is 0 Å². The van der Waals surface area contributed by atoms with Crippen LogP contribution in [0.15, 0.2) is 88.3 Å². The fourth-order valence-electron chi connectivity index (χ4n) is 4.66. The Kier molecular flexibility index (Phi) is 6.42. The summed E-state index contributed by atoms with van der Waals surface area (Å²) in [7, 11) is 0. The molecule has 1 fully saturated rings. The molecule has 8 heteroatoms. The number of aromatic nitrogens is 2. The van der Waals surface area contributed by atoms with Crippen molar-refractivity contribution in [1.82, 2.24) is 9.55 Å². The van der Waals surface area contributed by atoms with Crippen molar-refractivity contribution in [2.45, 2.75) is 51.1 Å². The van der Waals surface area contributed by atoms with Crippen molar-refractivity contribution < 1.29 is 18.9 Å². The molecule has 3 aromatic rings. The summed E-state index contributed by atoms with van der Waals surface area (Å²) >= 11 is 0. The predicted molar refractivity (Wildman–Crippen MR) is 129 cm³/mol. The zero-order chi connectivity index (χ0) is 24.4. The van der Waals surface area contributed by atoms with E-state index in [0.717, 1.165) is 11.1 Å². The van der Waals surface area contributed by atoms with Crippen LogP contribution in [0.1, 0.15) is 29.8 Å². The van der Waals surface area contributed by atoms with E-state index in [4.69, 9.17) is 18.9 Å². The molecule has 1 saturated heterocycles. The third-order valence-electron chi connectivity index (χ3n) is 6.30. The highest BCUT2D eigenvalue weighted by Crippen LogP contribution is 2.46. The Morgan fingerprint density at radius 2 is 1.63 bits per heavy atom. The van der Waals surface area contributed by atoms with Crippen molar-refractivity contribution in [3.8, 4) is 0 Å². The molecule has 8 nitrogen and oxygen atoms in total. The molecule has 1 N–H and O–H groups in total. The highest BCUT2D eigenvalue weighted by atomic mass is 16.6. The number of hydrogen-bond acceptors (Lipinski definition) is 6. The van der Waals surface area contributed by atoms with Gasteiger partial charge in [0.15, 0.2) is 12.3 Å². The van der Waals surface area contributed by atoms with Gasteiger partial charge in [0, 0.05) is 11.8 Å². The largest absolute Gasteiger partial charge is 0.488 e. The van der Waals surface area contributed by atoms with E-state index in [2.05, 4.69) is 4.98 Å². The van der Waals surface area contributed by atoms with Gasteiger partial charge in [0.25, 0.3) is 5.56 Å². The van der Waals surface area contributed by atoms with E-state index < -0.39 is 35.3 Å². The lowest BCUT2D eigenvalue weighted by atomic mass is 9.92. The lowest BCUT2D eigenvalue weighted by Crippen LogP contribution is -2.50. The van der Waals surface area contributed by atoms with Gasteiger partial charge in [-0.3, -0.25) is 14.3 Å². The number of benzene rings is 2. The van der Waals surface area contributed by atoms with E-state index in [1.807, 2.05) is 73.7 Å². The number of rotatable bonds is 8. The van der Waals surface area contributed by atoms with Crippen LogP contribution >= 0.6 is 0 Å². The Labute approximate surface area is 202 Å². The van der Waals surface area contributed by atoms with Gasteiger partial charge in [0.1, 0.15) is 11.7 Å². The highest BCUT2D eigenvalue weighted by molar-refractivity contribution is 5.22. The average molecular weight is 477 g/mol. The van der Waals surface area contributed by atoms with Crippen LogP contribution in [0.25, 0.3) is 0 Å². The first-order valence-electron chi connectivity index (χ1n) is 11.6. The summed E-state index contributed by atoms with van der Waals surface area (Å²) in [6.45, 7) is 4.43. The molecular weight excluding hydrogens is 448 g/mol. The van der Waals surface area contributed by atoms with Crippen LogP contribution in [-0.4, -0.2) is 34.0 Å². The minimum atomic E-state index is -0.981. The summed E-state index contributed by atoms with van der Waals surface area (Å²) in [5.74, 6) is 0.662. The first kappa shape index (κ1) is 23.3. The molecule has 2 aliphatic rings. The van der Waals surface area contributed by atoms with Gasteiger partial charge in [-0.25, -0.2) is 4.79 Å². The molecule has 0 spiro atoms. The monoisotopic (exact) mass is 476 g/mol. The van der Waals surface area contributed by atoms with Gasteiger partial charge in [-0.1, -0.05) is 60.7 Å². The maximum absolute atomic E-state index is 12.7. The molecule has 0 amide bonds. The second-order valence-corrected chi connectivity index (χ2v) is 8.98. The summed E-state index contributed by atoms with van der Waals surface area (Å²) in [6, 6.07) is 19.7. The predicted octanol–water partition coefficient (Wildman–Crippen LogP) is 3.22. The fourth-order valence-corrected chi connectivity index (χ4v) is 4.66. The van der Waals surface area contributed by atoms with Crippen LogP contribution in [0, 0.1) is 6.92 Å². The van der Waals surface area contributed by atoms with Crippen LogP contribution in [0.4, 0.5) is 0 Å². The maximum atomic E-state index is 12.7. The third kappa shape index (κ3) is 4.73. The first-order valence-corrected chi connectivity index (χ1v) is 11.6. The van der Waals surface area contributed by atoms with E-state index in [9.17, 15) is 9.59 Å². The third-order valence-corrected chi connectivity index (χ3v) is 6.30. The van der Waals surface area contributed by atoms with Gasteiger partial charge in [-0.2, -0.15) is 0 Å². The second kappa shape index (κ2) is 9.65. The van der Waals surface area contributed by atoms with E-state index in [-0.39, 0.29) is 6.61 Å². The van der Waals surface area contributed by atoms with Gasteiger partial charge in [-0.05, 0) is 31.1 Å². The molecule has 0 unspecified atom stereocenters. The number of fused-ring (bicyclic) bond motifs is 2. The molecule has 182 valence electrons. The van der Waals surface area contributed by atoms with Crippen molar-refractivity contribution >= 4 is 0 Å². The van der Waals surface area contributed by atoms with Crippen molar-refractivity contribution in [1.29, 1.82) is 0 Å². The number of H-pyrrole nitrogens is 1. The quantitative estimate of drug-likeness (QED) is 0.537. The molecule has 2 bridgehead atoms. The van der Waals surface area contributed by atoms with Gasteiger partial charge < -0.3 is 18.9 Å². The van der Waals surface area contributed by atoms with Gasteiger partial charge in [0.2, 0.25) is 0 Å². The number of nitrogens with zero attached hydrogens (tertiary/aromatic N) is 1. The van der Waals surface area contributed by atoms with Crippen molar-refractivity contribution in [3.63, 3.8) is 0 Å². The standard InChI is InChI=1S/C27H28N2O6/c1-18-14-29(26(31)28-24(18)30)25-22-23(33-16-21-11-7-4-8-12-21)27(35-25,13-19(2)34-22)17-32-15-20-9-5-3-6-10-20/h3-14,22-23,25H,15-17H2,1-2H3,(H,28,30,31)/t22-,23+,25-,27-/m1/s1. The first-order chi connectivity index (χ1) is 16.9. The minimum Gasteiger partial charge on any atom is -0.488 e. The number of allylic oxidation sites excluding steroid dienone is 1. The molecule has 2 aliphatic heterocycles. The number of nitrogens with one attached hydrogen (secondary N) is 1. The van der Waals surface area contributed by atoms with Crippen LogP contribution in [-0.2, 0) is 32.2 Å². The van der Waals surface area contributed by atoms with E-state index in [1.54, 1.807) is 6.92 Å². The molecule has 0 aliphatic carbocycles. The highest BCUT2D eigenvalue weighted by Gasteiger charge is 2.60. The van der Waals surface area contributed by atoms with Crippen LogP contribution in [0.3, 0.4) is 0 Å². The molecule has 4 atom stereocenters. The Bertz CT molecular complexity index is 1320. The van der Waals surface area contributed by atoms with E-state index in [0.29, 0.717) is 24.5 Å². The number of aromatic amines is 1. The SMILES string of the molecule is CC1=C[C@]2(COCc3ccccc3)O[C@@H](n3cc(C)c(=O)[nH]c3=O)[C@H](O1)[C@@H]2OCc1ccccc1. The molecule has 3 heterocycles. The molecule has 0 radical (unpaired) electrons. The molecule has 5 rings (SSSR count). The Morgan fingerprint density at radius 3 is 2.31 bits per heavy atom. The maximum Gasteiger partial charge on any atom is 0.330 e. The smallest absolute Gasteiger partial charge is 0.330 e. The summed E-state index contributed by atoms with van der Waals surface area (Å²) in [5, 5.41) is 0. The molecule has 1 aromatic heterocycles. The number of ether oxygens (including phenoxy) is 4. The van der Waals surface area contributed by atoms with E-state index in [1.165, 1.54) is 10.8 Å². The summed E-state index contributed by atoms with van der Waals surface area (Å²) < 4.78 is 26.6. The lowest BCUT2D eigenvalue weighted by Gasteiger charge is -2.36. The average Bonchev–Trinajstić information content (AvgIpc) is 3.04. The summed E-state index contributed by atoms with van der Waals surface area (Å²) in [4.78, 5) is 27.0. The Hall–Kier alpha value is -3.46.